The molecule has 0 saturated carbocycles. The summed E-state index contributed by atoms with van der Waals surface area (Å²) in [4.78, 5) is 40.2. The summed E-state index contributed by atoms with van der Waals surface area (Å²) in [6, 6.07) is 6.28. The molecule has 1 fully saturated rings. The normalized spacial score (nSPS) is 22.8. The molecule has 4 N–H and O–H groups in total. The monoisotopic (exact) mass is 402 g/mol. The molecule has 3 rings (SSSR count). The number of benzene rings is 1. The summed E-state index contributed by atoms with van der Waals surface area (Å²) in [5, 5.41) is 12.4. The third kappa shape index (κ3) is 4.53. The van der Waals surface area contributed by atoms with E-state index in [1.165, 1.54) is 15.4 Å². The molecule has 1 aromatic rings. The number of piperazine rings is 1. The molecule has 3 atom stereocenters. The van der Waals surface area contributed by atoms with Gasteiger partial charge in [0.05, 0.1) is 18.6 Å². The summed E-state index contributed by atoms with van der Waals surface area (Å²) >= 11 is 0. The van der Waals surface area contributed by atoms with Crippen LogP contribution in [0.5, 0.6) is 0 Å². The van der Waals surface area contributed by atoms with Gasteiger partial charge in [0.2, 0.25) is 11.8 Å². The summed E-state index contributed by atoms with van der Waals surface area (Å²) in [6.45, 7) is 3.98. The minimum absolute atomic E-state index is 0.0495. The van der Waals surface area contributed by atoms with Gasteiger partial charge in [-0.05, 0) is 36.3 Å². The molecule has 0 spiro atoms. The van der Waals surface area contributed by atoms with Gasteiger partial charge >= 0.3 is 6.09 Å². The van der Waals surface area contributed by atoms with Gasteiger partial charge in [-0.2, -0.15) is 0 Å². The van der Waals surface area contributed by atoms with E-state index in [0.29, 0.717) is 0 Å². The number of rotatable bonds is 4. The number of hydrogen-bond acceptors (Lipinski definition) is 4. The van der Waals surface area contributed by atoms with Crippen LogP contribution in [0.1, 0.15) is 43.9 Å². The highest BCUT2D eigenvalue weighted by molar-refractivity contribution is 5.91. The van der Waals surface area contributed by atoms with Gasteiger partial charge in [-0.25, -0.2) is 4.79 Å². The highest BCUT2D eigenvalue weighted by Crippen LogP contribution is 2.29. The first-order valence-corrected chi connectivity index (χ1v) is 10.2. The third-order valence-corrected chi connectivity index (χ3v) is 5.93. The van der Waals surface area contributed by atoms with Crippen molar-refractivity contribution in [3.05, 3.63) is 35.4 Å². The fourth-order valence-electron chi connectivity index (χ4n) is 4.09. The van der Waals surface area contributed by atoms with Gasteiger partial charge in [0.15, 0.2) is 0 Å². The number of nitrogens with one attached hydrogen (secondary N) is 1. The first kappa shape index (κ1) is 21.1. The molecule has 1 aromatic carbocycles. The lowest BCUT2D eigenvalue weighted by Crippen LogP contribution is -2.64. The van der Waals surface area contributed by atoms with Crippen molar-refractivity contribution in [2.24, 2.45) is 11.7 Å². The number of hydrogen-bond donors (Lipinski definition) is 3. The molecule has 158 valence electrons. The molecule has 1 aliphatic carbocycles. The zero-order valence-corrected chi connectivity index (χ0v) is 17.0. The van der Waals surface area contributed by atoms with Crippen molar-refractivity contribution in [3.63, 3.8) is 0 Å². The summed E-state index contributed by atoms with van der Waals surface area (Å²) in [5.41, 5.74) is 8.35. The molecule has 3 amide bonds. The zero-order chi connectivity index (χ0) is 21.1. The number of nitrogens with two attached hydrogens (primary N) is 1. The Kier molecular flexibility index (Phi) is 6.42. The Labute approximate surface area is 171 Å². The Balaban J connectivity index is 1.80. The van der Waals surface area contributed by atoms with E-state index in [4.69, 9.17) is 5.73 Å². The third-order valence-electron chi connectivity index (χ3n) is 5.93. The predicted octanol–water partition coefficient (Wildman–Crippen LogP) is 1.35. The van der Waals surface area contributed by atoms with E-state index in [2.05, 4.69) is 11.4 Å². The summed E-state index contributed by atoms with van der Waals surface area (Å²) in [5.74, 6) is -0.717. The van der Waals surface area contributed by atoms with Gasteiger partial charge in [-0.3, -0.25) is 9.59 Å². The quantitative estimate of drug-likeness (QED) is 0.703. The first-order valence-electron chi connectivity index (χ1n) is 10.2. The van der Waals surface area contributed by atoms with E-state index >= 15 is 0 Å². The van der Waals surface area contributed by atoms with Crippen LogP contribution in [0.15, 0.2) is 24.3 Å². The average molecular weight is 402 g/mol. The van der Waals surface area contributed by atoms with Crippen molar-refractivity contribution in [3.8, 4) is 0 Å². The Morgan fingerprint density at radius 1 is 1.21 bits per heavy atom. The molecule has 29 heavy (non-hydrogen) atoms. The number of carboxylic acid groups (broad SMARTS) is 1. The van der Waals surface area contributed by atoms with Crippen LogP contribution < -0.4 is 11.1 Å². The van der Waals surface area contributed by atoms with Crippen LogP contribution in [0.2, 0.25) is 0 Å². The first-order chi connectivity index (χ1) is 13.8. The minimum atomic E-state index is -1.09. The Hall–Kier alpha value is -2.61. The topological polar surface area (TPSA) is 116 Å². The number of nitrogens with zero attached hydrogens (tertiary/aromatic N) is 2. The number of aryl methyl sites for hydroxylation is 1. The standard InChI is InChI=1S/C21H30N4O4/c1-13(2)18(22)20(27)25-11-10-24(21(28)29)12-17(25)19(26)23-16-9-5-7-14-6-3-4-8-15(14)16/h3-4,6,8,13,16-18H,5,7,9-12,22H2,1-2H3,(H,23,26)(H,28,29)/t16-,17+,18+/m1/s1. The van der Waals surface area contributed by atoms with Gasteiger partial charge < -0.3 is 26.0 Å². The van der Waals surface area contributed by atoms with Crippen LogP contribution in [-0.2, 0) is 16.0 Å². The molecule has 0 unspecified atom stereocenters. The molecule has 8 nitrogen and oxygen atoms in total. The molecular formula is C21H30N4O4. The fraction of sp³-hybridized carbons (Fsp3) is 0.571. The highest BCUT2D eigenvalue weighted by atomic mass is 16.4. The van der Waals surface area contributed by atoms with Crippen LogP contribution in [-0.4, -0.2) is 64.5 Å². The molecule has 0 radical (unpaired) electrons. The molecule has 0 aromatic heterocycles. The summed E-state index contributed by atoms with van der Waals surface area (Å²) < 4.78 is 0. The van der Waals surface area contributed by atoms with Crippen molar-refractivity contribution in [1.82, 2.24) is 15.1 Å². The van der Waals surface area contributed by atoms with Gasteiger partial charge in [0, 0.05) is 13.1 Å². The lowest BCUT2D eigenvalue weighted by Gasteiger charge is -2.41. The lowest BCUT2D eigenvalue weighted by atomic mass is 9.87. The SMILES string of the molecule is CC(C)[C@H](N)C(=O)N1CCN(C(=O)O)C[C@H]1C(=O)N[C@@H]1CCCc2ccccc21. The lowest BCUT2D eigenvalue weighted by molar-refractivity contribution is -0.145. The number of carbonyl (C=O) groups is 3. The zero-order valence-electron chi connectivity index (χ0n) is 17.0. The van der Waals surface area contributed by atoms with Gasteiger partial charge in [-0.15, -0.1) is 0 Å². The van der Waals surface area contributed by atoms with Crippen molar-refractivity contribution in [2.75, 3.05) is 19.6 Å². The van der Waals surface area contributed by atoms with Crippen molar-refractivity contribution < 1.29 is 19.5 Å². The van der Waals surface area contributed by atoms with E-state index in [0.717, 1.165) is 24.8 Å². The van der Waals surface area contributed by atoms with Crippen molar-refractivity contribution in [2.45, 2.75) is 51.2 Å². The second kappa shape index (κ2) is 8.82. The van der Waals surface area contributed by atoms with Gasteiger partial charge in [0.1, 0.15) is 6.04 Å². The van der Waals surface area contributed by atoms with E-state index in [1.807, 2.05) is 32.0 Å². The van der Waals surface area contributed by atoms with Crippen LogP contribution >= 0.6 is 0 Å². The maximum Gasteiger partial charge on any atom is 0.407 e. The number of fused-ring (bicyclic) bond motifs is 1. The Morgan fingerprint density at radius 2 is 1.93 bits per heavy atom. The minimum Gasteiger partial charge on any atom is -0.465 e. The highest BCUT2D eigenvalue weighted by Gasteiger charge is 2.40. The van der Waals surface area contributed by atoms with Gasteiger partial charge in [-0.1, -0.05) is 38.1 Å². The maximum atomic E-state index is 13.2. The van der Waals surface area contributed by atoms with E-state index in [1.54, 1.807) is 0 Å². The predicted molar refractivity (Wildman–Crippen MR) is 108 cm³/mol. The largest absolute Gasteiger partial charge is 0.465 e. The molecule has 2 aliphatic rings. The molecule has 8 heteroatoms. The van der Waals surface area contributed by atoms with Crippen LogP contribution in [0.4, 0.5) is 4.79 Å². The van der Waals surface area contributed by atoms with E-state index in [9.17, 15) is 19.5 Å². The van der Waals surface area contributed by atoms with Crippen molar-refractivity contribution in [1.29, 1.82) is 0 Å². The smallest absolute Gasteiger partial charge is 0.407 e. The second-order valence-electron chi connectivity index (χ2n) is 8.20. The maximum absolute atomic E-state index is 13.2. The molecule has 1 heterocycles. The average Bonchev–Trinajstić information content (AvgIpc) is 2.72. The number of carbonyl (C=O) groups excluding carboxylic acids is 2. The Morgan fingerprint density at radius 3 is 2.62 bits per heavy atom. The van der Waals surface area contributed by atoms with Crippen LogP contribution in [0, 0.1) is 5.92 Å². The van der Waals surface area contributed by atoms with Gasteiger partial charge in [0.25, 0.3) is 0 Å². The van der Waals surface area contributed by atoms with Crippen LogP contribution in [0.3, 0.4) is 0 Å². The second-order valence-corrected chi connectivity index (χ2v) is 8.20. The summed E-state index contributed by atoms with van der Waals surface area (Å²) in [6.07, 6.45) is 1.67. The molecule has 1 aliphatic heterocycles. The number of amides is 3. The molecule has 0 bridgehead atoms. The Bertz CT molecular complexity index is 782. The molecule has 1 saturated heterocycles. The van der Waals surface area contributed by atoms with Crippen LogP contribution in [0.25, 0.3) is 0 Å². The summed E-state index contributed by atoms with van der Waals surface area (Å²) in [7, 11) is 0. The van der Waals surface area contributed by atoms with E-state index in [-0.39, 0.29) is 43.4 Å². The molecular weight excluding hydrogens is 372 g/mol. The fourth-order valence-corrected chi connectivity index (χ4v) is 4.09. The van der Waals surface area contributed by atoms with Crippen molar-refractivity contribution >= 4 is 17.9 Å². The van der Waals surface area contributed by atoms with E-state index < -0.39 is 18.2 Å².